The Morgan fingerprint density at radius 1 is 1.22 bits per heavy atom. The predicted octanol–water partition coefficient (Wildman–Crippen LogP) is 3.50. The van der Waals surface area contributed by atoms with Crippen molar-refractivity contribution in [1.82, 2.24) is 19.5 Å². The maximum Gasteiger partial charge on any atom is 0.349 e. The van der Waals surface area contributed by atoms with Gasteiger partial charge in [0.05, 0.1) is 17.0 Å². The van der Waals surface area contributed by atoms with Crippen LogP contribution in [0.5, 0.6) is 5.88 Å². The molecule has 8 nitrogen and oxygen atoms in total. The summed E-state index contributed by atoms with van der Waals surface area (Å²) < 4.78 is 8.36. The zero-order chi connectivity index (χ0) is 22.4. The third-order valence-electron chi connectivity index (χ3n) is 4.82. The molecule has 0 aliphatic carbocycles. The highest BCUT2D eigenvalue weighted by Crippen LogP contribution is 2.30. The van der Waals surface area contributed by atoms with E-state index in [4.69, 9.17) is 27.7 Å². The molecule has 1 aromatic carbocycles. The molecule has 0 spiro atoms. The molecule has 32 heavy (non-hydrogen) atoms. The minimum absolute atomic E-state index is 0.0201. The number of pyridine rings is 1. The second-order valence-corrected chi connectivity index (χ2v) is 9.08. The first-order valence-electron chi connectivity index (χ1n) is 9.37. The summed E-state index contributed by atoms with van der Waals surface area (Å²) in [6.45, 7) is 1.88. The molecule has 0 N–H and O–H groups in total. The molecule has 0 unspecified atom stereocenters. The Labute approximate surface area is 194 Å². The van der Waals surface area contributed by atoms with E-state index >= 15 is 0 Å². The molecule has 0 aliphatic rings. The van der Waals surface area contributed by atoms with Crippen molar-refractivity contribution in [2.45, 2.75) is 13.5 Å². The SMILES string of the molecule is Cc1nc(-c2cc(Cl)cc(-c3c([O-])[n+](Cc4cnc(Cl)s4)c4ccccn4c3=O)c2)no1. The van der Waals surface area contributed by atoms with Crippen LogP contribution in [-0.2, 0) is 6.54 Å². The summed E-state index contributed by atoms with van der Waals surface area (Å²) in [5.74, 6) is 0.243. The van der Waals surface area contributed by atoms with Crippen molar-refractivity contribution in [2.24, 2.45) is 0 Å². The Balaban J connectivity index is 1.76. The summed E-state index contributed by atoms with van der Waals surface area (Å²) >= 11 is 13.6. The Morgan fingerprint density at radius 3 is 2.75 bits per heavy atom. The summed E-state index contributed by atoms with van der Waals surface area (Å²) in [6, 6.07) is 10.1. The van der Waals surface area contributed by atoms with Crippen LogP contribution in [0.2, 0.25) is 9.49 Å². The predicted molar refractivity (Wildman–Crippen MR) is 118 cm³/mol. The number of aryl methyl sites for hydroxylation is 1. The van der Waals surface area contributed by atoms with Crippen molar-refractivity contribution >= 4 is 40.2 Å². The fraction of sp³-hybridized carbons (Fsp3) is 0.0952. The minimum atomic E-state index is -0.457. The molecule has 4 aromatic heterocycles. The average Bonchev–Trinajstić information content (AvgIpc) is 3.39. The standard InChI is InChI=1S/C21H13Cl2N5O3S/c1-11-25-18(26-31-11)13-6-12(7-14(22)8-13)17-19(29)27-5-3-2-4-16(27)28(20(17)30)10-15-9-24-21(23)32-15/h2-9H,10H2,1H3. The van der Waals surface area contributed by atoms with Crippen molar-refractivity contribution in [3.8, 4) is 28.4 Å². The molecule has 160 valence electrons. The number of nitrogens with zero attached hydrogens (tertiary/aromatic N) is 5. The Bertz CT molecular complexity index is 1540. The Hall–Kier alpha value is -3.27. The first-order valence-corrected chi connectivity index (χ1v) is 10.9. The number of hydrogen-bond donors (Lipinski definition) is 0. The summed E-state index contributed by atoms with van der Waals surface area (Å²) in [4.78, 5) is 22.4. The number of fused-ring (bicyclic) bond motifs is 1. The lowest BCUT2D eigenvalue weighted by atomic mass is 10.0. The molecular formula is C21H13Cl2N5O3S. The van der Waals surface area contributed by atoms with E-state index in [1.165, 1.54) is 20.3 Å². The number of thiazole rings is 1. The molecule has 4 heterocycles. The van der Waals surface area contributed by atoms with E-state index < -0.39 is 11.4 Å². The molecule has 0 bridgehead atoms. The van der Waals surface area contributed by atoms with Crippen LogP contribution in [0.3, 0.4) is 0 Å². The normalized spacial score (nSPS) is 11.3. The van der Waals surface area contributed by atoms with Gasteiger partial charge in [0.15, 0.2) is 4.47 Å². The zero-order valence-corrected chi connectivity index (χ0v) is 18.8. The van der Waals surface area contributed by atoms with E-state index in [0.29, 0.717) is 38.0 Å². The topological polar surface area (TPSA) is 100 Å². The first kappa shape index (κ1) is 20.6. The van der Waals surface area contributed by atoms with Crippen LogP contribution in [0.15, 0.2) is 58.1 Å². The van der Waals surface area contributed by atoms with Gasteiger partial charge in [0, 0.05) is 29.8 Å². The van der Waals surface area contributed by atoms with Crippen molar-refractivity contribution in [3.63, 3.8) is 0 Å². The van der Waals surface area contributed by atoms with E-state index in [1.807, 2.05) is 0 Å². The van der Waals surface area contributed by atoms with Gasteiger partial charge in [0.25, 0.3) is 5.65 Å². The van der Waals surface area contributed by atoms with Crippen LogP contribution in [0.1, 0.15) is 10.8 Å². The van der Waals surface area contributed by atoms with Gasteiger partial charge in [-0.05, 0) is 29.8 Å². The molecular weight excluding hydrogens is 473 g/mol. The molecule has 0 radical (unpaired) electrons. The molecule has 0 aliphatic heterocycles. The van der Waals surface area contributed by atoms with E-state index in [1.54, 1.807) is 55.7 Å². The van der Waals surface area contributed by atoms with Crippen LogP contribution in [0.4, 0.5) is 0 Å². The largest absolute Gasteiger partial charge is 0.842 e. The van der Waals surface area contributed by atoms with Gasteiger partial charge in [-0.3, -0.25) is 0 Å². The van der Waals surface area contributed by atoms with Gasteiger partial charge in [-0.15, -0.1) is 11.3 Å². The third-order valence-corrected chi connectivity index (χ3v) is 6.14. The van der Waals surface area contributed by atoms with Gasteiger partial charge in [-0.1, -0.05) is 34.4 Å². The molecule has 0 fully saturated rings. The van der Waals surface area contributed by atoms with E-state index in [2.05, 4.69) is 15.1 Å². The Morgan fingerprint density at radius 2 is 2.03 bits per heavy atom. The van der Waals surface area contributed by atoms with Crippen LogP contribution in [0.25, 0.3) is 28.2 Å². The molecule has 11 heteroatoms. The quantitative estimate of drug-likeness (QED) is 0.361. The zero-order valence-electron chi connectivity index (χ0n) is 16.5. The molecule has 0 saturated carbocycles. The average molecular weight is 486 g/mol. The maximum atomic E-state index is 13.6. The second-order valence-electron chi connectivity index (χ2n) is 6.95. The number of hydrogen-bond acceptors (Lipinski definition) is 7. The van der Waals surface area contributed by atoms with E-state index in [0.717, 1.165) is 4.88 Å². The van der Waals surface area contributed by atoms with E-state index in [-0.39, 0.29) is 12.1 Å². The third kappa shape index (κ3) is 3.64. The monoisotopic (exact) mass is 485 g/mol. The highest BCUT2D eigenvalue weighted by Gasteiger charge is 2.22. The molecule has 0 amide bonds. The number of rotatable bonds is 4. The lowest BCUT2D eigenvalue weighted by Crippen LogP contribution is -2.44. The summed E-state index contributed by atoms with van der Waals surface area (Å²) in [7, 11) is 0. The molecule has 5 rings (SSSR count). The highest BCUT2D eigenvalue weighted by atomic mass is 35.5. The lowest BCUT2D eigenvalue weighted by Gasteiger charge is -2.17. The lowest BCUT2D eigenvalue weighted by molar-refractivity contribution is -0.707. The van der Waals surface area contributed by atoms with Crippen LogP contribution in [-0.4, -0.2) is 19.5 Å². The van der Waals surface area contributed by atoms with Crippen molar-refractivity contribution < 1.29 is 14.2 Å². The van der Waals surface area contributed by atoms with Crippen molar-refractivity contribution in [1.29, 1.82) is 0 Å². The summed E-state index contributed by atoms with van der Waals surface area (Å²) in [5.41, 5.74) is 0.864. The highest BCUT2D eigenvalue weighted by molar-refractivity contribution is 7.15. The summed E-state index contributed by atoms with van der Waals surface area (Å²) in [6.07, 6.45) is 3.23. The van der Waals surface area contributed by atoms with Crippen LogP contribution >= 0.6 is 34.5 Å². The second kappa shape index (κ2) is 8.01. The maximum absolute atomic E-state index is 13.6. The van der Waals surface area contributed by atoms with Gasteiger partial charge in [0.1, 0.15) is 12.1 Å². The minimum Gasteiger partial charge on any atom is -0.842 e. The van der Waals surface area contributed by atoms with Gasteiger partial charge in [-0.2, -0.15) is 9.38 Å². The fourth-order valence-corrected chi connectivity index (χ4v) is 4.67. The van der Waals surface area contributed by atoms with Crippen molar-refractivity contribution in [2.75, 3.05) is 0 Å². The van der Waals surface area contributed by atoms with Crippen molar-refractivity contribution in [3.05, 3.63) is 79.4 Å². The van der Waals surface area contributed by atoms with E-state index in [9.17, 15) is 9.90 Å². The number of benzene rings is 1. The van der Waals surface area contributed by atoms with Crippen LogP contribution < -0.4 is 15.2 Å². The smallest absolute Gasteiger partial charge is 0.349 e. The number of halogens is 2. The molecule has 5 aromatic rings. The van der Waals surface area contributed by atoms with Crippen LogP contribution in [0, 0.1) is 6.92 Å². The fourth-order valence-electron chi connectivity index (χ4n) is 3.47. The molecule has 0 atom stereocenters. The van der Waals surface area contributed by atoms with Gasteiger partial charge >= 0.3 is 5.56 Å². The Kier molecular flexibility index (Phi) is 5.16. The summed E-state index contributed by atoms with van der Waals surface area (Å²) in [5, 5.41) is 17.8. The van der Waals surface area contributed by atoms with Gasteiger partial charge in [0.2, 0.25) is 11.7 Å². The first-order chi connectivity index (χ1) is 15.4. The number of aromatic nitrogens is 5. The van der Waals surface area contributed by atoms with Gasteiger partial charge < -0.3 is 9.63 Å². The molecule has 0 saturated heterocycles. The van der Waals surface area contributed by atoms with Gasteiger partial charge in [-0.25, -0.2) is 14.3 Å².